The van der Waals surface area contributed by atoms with E-state index in [0.717, 1.165) is 18.8 Å². The molecule has 0 aromatic carbocycles. The Kier molecular flexibility index (Phi) is 6.94. The molecule has 0 heterocycles. The van der Waals surface area contributed by atoms with E-state index in [4.69, 9.17) is 11.6 Å². The zero-order valence-electron chi connectivity index (χ0n) is 11.2. The van der Waals surface area contributed by atoms with Crippen molar-refractivity contribution in [3.8, 4) is 0 Å². The van der Waals surface area contributed by atoms with E-state index in [1.54, 1.807) is 0 Å². The van der Waals surface area contributed by atoms with Crippen LogP contribution in [0.1, 0.15) is 58.8 Å². The van der Waals surface area contributed by atoms with Crippen LogP contribution in [0, 0.1) is 11.8 Å². The van der Waals surface area contributed by atoms with Crippen LogP contribution in [0.15, 0.2) is 0 Å². The van der Waals surface area contributed by atoms with Crippen molar-refractivity contribution in [3.05, 3.63) is 0 Å². The van der Waals surface area contributed by atoms with E-state index in [9.17, 15) is 4.79 Å². The van der Waals surface area contributed by atoms with Crippen LogP contribution in [0.3, 0.4) is 0 Å². The molecule has 0 radical (unpaired) electrons. The van der Waals surface area contributed by atoms with Gasteiger partial charge >= 0.3 is 0 Å². The van der Waals surface area contributed by atoms with Gasteiger partial charge in [-0.2, -0.15) is 0 Å². The molecular weight excluding hydrogens is 234 g/mol. The number of hydrogen-bond donors (Lipinski definition) is 1. The summed E-state index contributed by atoms with van der Waals surface area (Å²) in [5.41, 5.74) is 0. The molecule has 1 aliphatic rings. The van der Waals surface area contributed by atoms with Gasteiger partial charge in [0.15, 0.2) is 0 Å². The van der Waals surface area contributed by atoms with Gasteiger partial charge in [0.25, 0.3) is 0 Å². The Labute approximate surface area is 110 Å². The van der Waals surface area contributed by atoms with Crippen LogP contribution >= 0.6 is 11.6 Å². The summed E-state index contributed by atoms with van der Waals surface area (Å²) in [6.45, 7) is 4.20. The second-order valence-electron chi connectivity index (χ2n) is 5.42. The van der Waals surface area contributed by atoms with Crippen molar-refractivity contribution in [1.82, 2.24) is 5.32 Å². The fourth-order valence-corrected chi connectivity index (χ4v) is 2.68. The molecule has 0 aromatic heterocycles. The number of amides is 1. The molecule has 3 heteroatoms. The number of hydrogen-bond acceptors (Lipinski definition) is 1. The van der Waals surface area contributed by atoms with Crippen LogP contribution in [0.4, 0.5) is 0 Å². The lowest BCUT2D eigenvalue weighted by Crippen LogP contribution is -2.39. The lowest BCUT2D eigenvalue weighted by atomic mass is 9.79. The molecule has 17 heavy (non-hydrogen) atoms. The monoisotopic (exact) mass is 259 g/mol. The molecule has 1 unspecified atom stereocenters. The first-order valence-corrected chi connectivity index (χ1v) is 7.57. The van der Waals surface area contributed by atoms with Gasteiger partial charge in [-0.15, -0.1) is 11.6 Å². The van der Waals surface area contributed by atoms with Gasteiger partial charge < -0.3 is 5.32 Å². The summed E-state index contributed by atoms with van der Waals surface area (Å²) in [5, 5.41) is 2.99. The van der Waals surface area contributed by atoms with Gasteiger partial charge in [-0.3, -0.25) is 4.79 Å². The van der Waals surface area contributed by atoms with E-state index >= 15 is 0 Å². The third kappa shape index (κ3) is 5.29. The molecule has 1 fully saturated rings. The third-order valence-electron chi connectivity index (χ3n) is 3.80. The number of carbonyl (C=O) groups excluding carboxylic acids is 1. The Morgan fingerprint density at radius 2 is 2.00 bits per heavy atom. The third-order valence-corrected chi connectivity index (χ3v) is 4.27. The van der Waals surface area contributed by atoms with E-state index in [1.807, 2.05) is 6.92 Å². The number of nitrogens with one attached hydrogen (secondary N) is 1. The minimum atomic E-state index is 0.0991. The maximum Gasteiger partial charge on any atom is 0.223 e. The number of unbranched alkanes of at least 4 members (excludes halogenated alkanes) is 1. The highest BCUT2D eigenvalue weighted by atomic mass is 35.5. The summed E-state index contributed by atoms with van der Waals surface area (Å²) in [7, 11) is 0. The van der Waals surface area contributed by atoms with Crippen molar-refractivity contribution in [1.29, 1.82) is 0 Å². The summed E-state index contributed by atoms with van der Waals surface area (Å²) < 4.78 is 0. The highest BCUT2D eigenvalue weighted by Gasteiger charge is 2.26. The molecule has 0 aromatic rings. The van der Waals surface area contributed by atoms with Crippen molar-refractivity contribution in [2.45, 2.75) is 64.8 Å². The fourth-order valence-electron chi connectivity index (χ4n) is 2.61. The van der Waals surface area contributed by atoms with Crippen molar-refractivity contribution >= 4 is 17.5 Å². The predicted octanol–water partition coefficient (Wildman–Crippen LogP) is 3.73. The second kappa shape index (κ2) is 7.97. The number of alkyl halides is 1. The first-order chi connectivity index (χ1) is 8.17. The Morgan fingerprint density at radius 1 is 1.35 bits per heavy atom. The van der Waals surface area contributed by atoms with Crippen LogP contribution in [0.2, 0.25) is 0 Å². The first-order valence-electron chi connectivity index (χ1n) is 7.03. The van der Waals surface area contributed by atoms with Crippen LogP contribution in [0.5, 0.6) is 0 Å². The van der Waals surface area contributed by atoms with E-state index < -0.39 is 0 Å². The standard InChI is InChI=1S/C14H26ClNO/c1-3-4-5-12-6-8-13(9-7-12)14(17)16-11(2)10-15/h11-13H,3-10H2,1-2H3,(H,16,17). The summed E-state index contributed by atoms with van der Waals surface area (Å²) in [6, 6.07) is 0.0991. The molecule has 1 amide bonds. The zero-order valence-corrected chi connectivity index (χ0v) is 11.9. The zero-order chi connectivity index (χ0) is 12.7. The van der Waals surface area contributed by atoms with Gasteiger partial charge in [0.2, 0.25) is 5.91 Å². The number of rotatable bonds is 6. The molecule has 0 spiro atoms. The largest absolute Gasteiger partial charge is 0.352 e. The topological polar surface area (TPSA) is 29.1 Å². The maximum absolute atomic E-state index is 11.9. The molecule has 1 aliphatic carbocycles. The molecule has 2 nitrogen and oxygen atoms in total. The molecule has 1 N–H and O–H groups in total. The van der Waals surface area contributed by atoms with Gasteiger partial charge in [-0.05, 0) is 38.5 Å². The predicted molar refractivity (Wildman–Crippen MR) is 73.3 cm³/mol. The summed E-state index contributed by atoms with van der Waals surface area (Å²) >= 11 is 5.70. The molecule has 0 bridgehead atoms. The van der Waals surface area contributed by atoms with Gasteiger partial charge in [-0.25, -0.2) is 0 Å². The number of carbonyl (C=O) groups is 1. The van der Waals surface area contributed by atoms with Crippen molar-refractivity contribution in [2.75, 3.05) is 5.88 Å². The van der Waals surface area contributed by atoms with Crippen LogP contribution in [-0.2, 0) is 4.79 Å². The van der Waals surface area contributed by atoms with E-state index in [0.29, 0.717) is 5.88 Å². The molecular formula is C14H26ClNO. The molecule has 0 saturated heterocycles. The van der Waals surface area contributed by atoms with E-state index in [-0.39, 0.29) is 17.9 Å². The van der Waals surface area contributed by atoms with Crippen molar-refractivity contribution < 1.29 is 4.79 Å². The van der Waals surface area contributed by atoms with Crippen molar-refractivity contribution in [3.63, 3.8) is 0 Å². The first kappa shape index (κ1) is 14.8. The molecule has 1 rings (SSSR count). The highest BCUT2D eigenvalue weighted by molar-refractivity contribution is 6.18. The van der Waals surface area contributed by atoms with Crippen LogP contribution in [-0.4, -0.2) is 17.8 Å². The normalized spacial score (nSPS) is 26.5. The van der Waals surface area contributed by atoms with Gasteiger partial charge in [-0.1, -0.05) is 26.2 Å². The Hall–Kier alpha value is -0.240. The van der Waals surface area contributed by atoms with Gasteiger partial charge in [0.1, 0.15) is 0 Å². The number of halogens is 1. The molecule has 1 saturated carbocycles. The van der Waals surface area contributed by atoms with Gasteiger partial charge in [0.05, 0.1) is 0 Å². The minimum absolute atomic E-state index is 0.0991. The van der Waals surface area contributed by atoms with Crippen LogP contribution < -0.4 is 5.32 Å². The Balaban J connectivity index is 2.24. The highest BCUT2D eigenvalue weighted by Crippen LogP contribution is 2.31. The minimum Gasteiger partial charge on any atom is -0.352 e. The van der Waals surface area contributed by atoms with E-state index in [1.165, 1.54) is 32.1 Å². The summed E-state index contributed by atoms with van der Waals surface area (Å²) in [4.78, 5) is 11.9. The SMILES string of the molecule is CCCCC1CCC(C(=O)NC(C)CCl)CC1. The molecule has 100 valence electrons. The quantitative estimate of drug-likeness (QED) is 0.724. The lowest BCUT2D eigenvalue weighted by Gasteiger charge is -2.28. The summed E-state index contributed by atoms with van der Waals surface area (Å²) in [6.07, 6.45) is 8.56. The Morgan fingerprint density at radius 3 is 2.53 bits per heavy atom. The van der Waals surface area contributed by atoms with Gasteiger partial charge in [0, 0.05) is 17.8 Å². The van der Waals surface area contributed by atoms with E-state index in [2.05, 4.69) is 12.2 Å². The van der Waals surface area contributed by atoms with Crippen LogP contribution in [0.25, 0.3) is 0 Å². The molecule has 0 aliphatic heterocycles. The Bertz CT molecular complexity index is 224. The average molecular weight is 260 g/mol. The summed E-state index contributed by atoms with van der Waals surface area (Å²) in [5.74, 6) is 1.81. The molecule has 1 atom stereocenters. The maximum atomic E-state index is 11.9. The smallest absolute Gasteiger partial charge is 0.223 e. The second-order valence-corrected chi connectivity index (χ2v) is 5.73. The fraction of sp³-hybridized carbons (Fsp3) is 0.929. The average Bonchev–Trinajstić information content (AvgIpc) is 2.36. The van der Waals surface area contributed by atoms with Crippen molar-refractivity contribution in [2.24, 2.45) is 11.8 Å². The lowest BCUT2D eigenvalue weighted by molar-refractivity contribution is -0.126.